The van der Waals surface area contributed by atoms with Gasteiger partial charge in [0.1, 0.15) is 17.2 Å². The van der Waals surface area contributed by atoms with Crippen molar-refractivity contribution >= 4 is 12.1 Å². The molecule has 1 fully saturated rings. The molecule has 0 aromatic carbocycles. The van der Waals surface area contributed by atoms with Gasteiger partial charge in [0.25, 0.3) is 0 Å². The van der Waals surface area contributed by atoms with Crippen LogP contribution in [0.2, 0.25) is 0 Å². The van der Waals surface area contributed by atoms with E-state index in [0.717, 1.165) is 0 Å². The molecule has 2 atom stereocenters. The number of aliphatic hydroxyl groups excluding tert-OH is 1. The molecule has 1 rings (SSSR count). The molecule has 1 heterocycles. The van der Waals surface area contributed by atoms with Crippen LogP contribution in [0.15, 0.2) is 0 Å². The van der Waals surface area contributed by atoms with Gasteiger partial charge in [0.2, 0.25) is 0 Å². The molecule has 20 heavy (non-hydrogen) atoms. The van der Waals surface area contributed by atoms with Gasteiger partial charge in [-0.3, -0.25) is 4.90 Å². The van der Waals surface area contributed by atoms with E-state index in [1.54, 1.807) is 41.5 Å². The maximum atomic E-state index is 12.1. The predicted molar refractivity (Wildman–Crippen MR) is 73.1 cm³/mol. The van der Waals surface area contributed by atoms with Gasteiger partial charge in [0.15, 0.2) is 0 Å². The Labute approximate surface area is 120 Å². The minimum absolute atomic E-state index is 0.163. The van der Waals surface area contributed by atoms with Crippen LogP contribution in [0.3, 0.4) is 0 Å². The number of nitrogens with zero attached hydrogens (tertiary/aromatic N) is 1. The van der Waals surface area contributed by atoms with Gasteiger partial charge >= 0.3 is 12.1 Å². The van der Waals surface area contributed by atoms with Crippen LogP contribution in [0.4, 0.5) is 4.79 Å². The Morgan fingerprint density at radius 1 is 1.10 bits per heavy atom. The third-order valence-corrected chi connectivity index (χ3v) is 2.72. The number of likely N-dealkylation sites (tertiary alicyclic amines) is 1. The average molecular weight is 287 g/mol. The van der Waals surface area contributed by atoms with Crippen molar-refractivity contribution in [3.05, 3.63) is 0 Å². The lowest BCUT2D eigenvalue weighted by Gasteiger charge is -2.46. The summed E-state index contributed by atoms with van der Waals surface area (Å²) in [6.07, 6.45) is -0.557. The quantitative estimate of drug-likeness (QED) is 0.780. The van der Waals surface area contributed by atoms with E-state index in [-0.39, 0.29) is 12.5 Å². The second-order valence-corrected chi connectivity index (χ2v) is 7.05. The van der Waals surface area contributed by atoms with Crippen LogP contribution in [-0.4, -0.2) is 52.5 Å². The number of hydrogen-bond donors (Lipinski definition) is 1. The first-order valence-corrected chi connectivity index (χ1v) is 6.78. The third kappa shape index (κ3) is 4.37. The molecule has 1 N–H and O–H groups in total. The Balaban J connectivity index is 2.74. The molecule has 6 heteroatoms. The zero-order chi connectivity index (χ0) is 15.7. The molecule has 0 aromatic heterocycles. The zero-order valence-corrected chi connectivity index (χ0v) is 13.1. The molecule has 0 unspecified atom stereocenters. The highest BCUT2D eigenvalue weighted by Gasteiger charge is 2.49. The van der Waals surface area contributed by atoms with Gasteiger partial charge in [-0.15, -0.1) is 0 Å². The summed E-state index contributed by atoms with van der Waals surface area (Å²) >= 11 is 0. The fourth-order valence-corrected chi connectivity index (χ4v) is 1.93. The maximum Gasteiger partial charge on any atom is 0.411 e. The van der Waals surface area contributed by atoms with Crippen molar-refractivity contribution < 1.29 is 24.2 Å². The van der Waals surface area contributed by atoms with Crippen molar-refractivity contribution in [2.45, 2.75) is 58.8 Å². The van der Waals surface area contributed by atoms with Gasteiger partial charge in [0, 0.05) is 12.5 Å². The molecule has 1 amide bonds. The molecule has 116 valence electrons. The standard InChI is InChI=1S/C14H25NO5/c1-13(2,3)19-11(17)10-9(8-16)7-15(10)12(18)20-14(4,5)6/h9-10,16H,7-8H2,1-6H3/t9-,10-/m0/s1. The van der Waals surface area contributed by atoms with E-state index in [9.17, 15) is 14.7 Å². The summed E-state index contributed by atoms with van der Waals surface area (Å²) in [6, 6.07) is -0.769. The first-order chi connectivity index (χ1) is 8.94. The minimum Gasteiger partial charge on any atom is -0.458 e. The molecule has 0 aromatic rings. The van der Waals surface area contributed by atoms with Gasteiger partial charge in [-0.05, 0) is 41.5 Å². The van der Waals surface area contributed by atoms with Gasteiger partial charge in [-0.1, -0.05) is 0 Å². The number of rotatable bonds is 2. The number of esters is 1. The Morgan fingerprint density at radius 3 is 2.00 bits per heavy atom. The van der Waals surface area contributed by atoms with Crippen molar-refractivity contribution in [3.63, 3.8) is 0 Å². The second-order valence-electron chi connectivity index (χ2n) is 7.05. The lowest BCUT2D eigenvalue weighted by Crippen LogP contribution is -2.64. The van der Waals surface area contributed by atoms with Gasteiger partial charge < -0.3 is 14.6 Å². The monoisotopic (exact) mass is 287 g/mol. The smallest absolute Gasteiger partial charge is 0.411 e. The highest BCUT2D eigenvalue weighted by atomic mass is 16.6. The largest absolute Gasteiger partial charge is 0.458 e. The molecular weight excluding hydrogens is 262 g/mol. The van der Waals surface area contributed by atoms with Crippen molar-refractivity contribution in [2.24, 2.45) is 5.92 Å². The fourth-order valence-electron chi connectivity index (χ4n) is 1.93. The van der Waals surface area contributed by atoms with Crippen LogP contribution in [0.25, 0.3) is 0 Å². The second kappa shape index (κ2) is 5.60. The molecule has 0 radical (unpaired) electrons. The molecular formula is C14H25NO5. The van der Waals surface area contributed by atoms with E-state index in [2.05, 4.69) is 0 Å². The molecule has 1 aliphatic heterocycles. The number of aliphatic hydroxyl groups is 1. The summed E-state index contributed by atoms with van der Waals surface area (Å²) in [7, 11) is 0. The van der Waals surface area contributed by atoms with E-state index in [1.165, 1.54) is 4.90 Å². The Kier molecular flexibility index (Phi) is 4.69. The molecule has 6 nitrogen and oxygen atoms in total. The number of hydrogen-bond acceptors (Lipinski definition) is 5. The Morgan fingerprint density at radius 2 is 1.60 bits per heavy atom. The number of carbonyl (C=O) groups is 2. The first kappa shape index (κ1) is 16.8. The molecule has 1 aliphatic rings. The summed E-state index contributed by atoms with van der Waals surface area (Å²) < 4.78 is 10.5. The van der Waals surface area contributed by atoms with Gasteiger partial charge in [-0.25, -0.2) is 9.59 Å². The van der Waals surface area contributed by atoms with Crippen molar-refractivity contribution in [1.29, 1.82) is 0 Å². The van der Waals surface area contributed by atoms with Gasteiger partial charge in [-0.2, -0.15) is 0 Å². The van der Waals surface area contributed by atoms with Crippen LogP contribution in [0.1, 0.15) is 41.5 Å². The highest BCUT2D eigenvalue weighted by Crippen LogP contribution is 2.29. The first-order valence-electron chi connectivity index (χ1n) is 6.78. The zero-order valence-electron chi connectivity index (χ0n) is 13.1. The normalized spacial score (nSPS) is 23.1. The van der Waals surface area contributed by atoms with Crippen LogP contribution >= 0.6 is 0 Å². The van der Waals surface area contributed by atoms with Gasteiger partial charge in [0.05, 0.1) is 6.61 Å². The molecule has 0 bridgehead atoms. The highest BCUT2D eigenvalue weighted by molar-refractivity contribution is 5.84. The number of carbonyl (C=O) groups excluding carboxylic acids is 2. The molecule has 0 saturated carbocycles. The maximum absolute atomic E-state index is 12.1. The molecule has 1 saturated heterocycles. The fraction of sp³-hybridized carbons (Fsp3) is 0.857. The summed E-state index contributed by atoms with van der Waals surface area (Å²) in [5.41, 5.74) is -1.26. The summed E-state index contributed by atoms with van der Waals surface area (Å²) in [6.45, 7) is 10.7. The summed E-state index contributed by atoms with van der Waals surface area (Å²) in [5.74, 6) is -0.800. The SMILES string of the molecule is CC(C)(C)OC(=O)[C@@H]1[C@H](CO)CN1C(=O)OC(C)(C)C. The van der Waals surface area contributed by atoms with E-state index in [0.29, 0.717) is 6.54 Å². The van der Waals surface area contributed by atoms with E-state index >= 15 is 0 Å². The average Bonchev–Trinajstić information content (AvgIpc) is 2.09. The number of amides is 1. The van der Waals surface area contributed by atoms with Crippen LogP contribution in [0.5, 0.6) is 0 Å². The molecule has 0 spiro atoms. The third-order valence-electron chi connectivity index (χ3n) is 2.72. The van der Waals surface area contributed by atoms with Crippen LogP contribution in [-0.2, 0) is 14.3 Å². The van der Waals surface area contributed by atoms with Crippen LogP contribution < -0.4 is 0 Å². The van der Waals surface area contributed by atoms with Crippen molar-refractivity contribution in [2.75, 3.05) is 13.2 Å². The summed E-state index contributed by atoms with van der Waals surface area (Å²) in [5, 5.41) is 9.25. The lowest BCUT2D eigenvalue weighted by atomic mass is 9.89. The number of ether oxygens (including phenoxy) is 2. The van der Waals surface area contributed by atoms with Crippen molar-refractivity contribution in [3.8, 4) is 0 Å². The summed E-state index contributed by atoms with van der Waals surface area (Å²) in [4.78, 5) is 25.4. The Bertz CT molecular complexity index is 380. The topological polar surface area (TPSA) is 76.1 Å². The van der Waals surface area contributed by atoms with Crippen LogP contribution in [0, 0.1) is 5.92 Å². The van der Waals surface area contributed by atoms with Crippen molar-refractivity contribution in [1.82, 2.24) is 4.90 Å². The van der Waals surface area contributed by atoms with E-state index in [1.807, 2.05) is 0 Å². The lowest BCUT2D eigenvalue weighted by molar-refractivity contribution is -0.172. The Hall–Kier alpha value is -1.30. The molecule has 0 aliphatic carbocycles. The predicted octanol–water partition coefficient (Wildman–Crippen LogP) is 1.56. The van der Waals surface area contributed by atoms with E-state index < -0.39 is 29.3 Å². The minimum atomic E-state index is -0.769. The van der Waals surface area contributed by atoms with E-state index in [4.69, 9.17) is 9.47 Å².